The molecule has 2 fully saturated rings. The summed E-state index contributed by atoms with van der Waals surface area (Å²) < 4.78 is 67.3. The van der Waals surface area contributed by atoms with E-state index >= 15 is 8.78 Å². The Labute approximate surface area is 217 Å². The van der Waals surface area contributed by atoms with Gasteiger partial charge >= 0.3 is 6.11 Å². The van der Waals surface area contributed by atoms with Gasteiger partial charge in [-0.2, -0.15) is 8.78 Å². The van der Waals surface area contributed by atoms with Gasteiger partial charge in [0.05, 0.1) is 12.5 Å². The summed E-state index contributed by atoms with van der Waals surface area (Å²) >= 11 is 0. The van der Waals surface area contributed by atoms with E-state index in [-0.39, 0.29) is 12.5 Å². The van der Waals surface area contributed by atoms with Crippen LogP contribution in [0.15, 0.2) is 42.5 Å². The molecule has 0 bridgehead atoms. The standard InChI is InChI=1S/C30H38F4O3/c1-20-2-6-23(7-3-20)25(18-36-19-35)16-21-4-11-26(12-5-21)30(33,34)37-27-13-8-22(9-14-27)24-10-15-28(31)29(32)17-24/h8-10,13-15,17,20-21,23,25-26,35H,2-7,11-12,16,18-19H2,1H3. The van der Waals surface area contributed by atoms with E-state index in [0.717, 1.165) is 37.3 Å². The third kappa shape index (κ3) is 7.47. The van der Waals surface area contributed by atoms with Gasteiger partial charge in [0, 0.05) is 0 Å². The lowest BCUT2D eigenvalue weighted by atomic mass is 9.71. The van der Waals surface area contributed by atoms with E-state index < -0.39 is 23.7 Å². The Hall–Kier alpha value is -2.12. The van der Waals surface area contributed by atoms with E-state index in [0.29, 0.717) is 48.3 Å². The van der Waals surface area contributed by atoms with Gasteiger partial charge in [-0.05, 0) is 104 Å². The molecule has 3 nitrogen and oxygen atoms in total. The summed E-state index contributed by atoms with van der Waals surface area (Å²) in [7, 11) is 0. The maximum Gasteiger partial charge on any atom is 0.400 e. The lowest BCUT2D eigenvalue weighted by Gasteiger charge is -2.37. The topological polar surface area (TPSA) is 38.7 Å². The van der Waals surface area contributed by atoms with Gasteiger partial charge in [-0.1, -0.05) is 38.0 Å². The number of ether oxygens (including phenoxy) is 2. The largest absolute Gasteiger partial charge is 0.432 e. The molecule has 7 heteroatoms. The van der Waals surface area contributed by atoms with Crippen molar-refractivity contribution in [2.24, 2.45) is 29.6 Å². The molecule has 1 atom stereocenters. The fourth-order valence-electron chi connectivity index (χ4n) is 6.15. The number of rotatable bonds is 10. The van der Waals surface area contributed by atoms with Crippen LogP contribution in [-0.4, -0.2) is 24.6 Å². The molecule has 2 saturated carbocycles. The number of alkyl halides is 2. The van der Waals surface area contributed by atoms with Crippen LogP contribution in [0.5, 0.6) is 5.75 Å². The molecule has 37 heavy (non-hydrogen) atoms. The summed E-state index contributed by atoms with van der Waals surface area (Å²) in [5.74, 6) is -0.602. The minimum Gasteiger partial charge on any atom is -0.432 e. The van der Waals surface area contributed by atoms with Gasteiger partial charge in [-0.3, -0.25) is 0 Å². The number of aliphatic hydroxyl groups excluding tert-OH is 1. The molecule has 2 aliphatic carbocycles. The summed E-state index contributed by atoms with van der Waals surface area (Å²) in [6.45, 7) is 2.55. The number of aliphatic hydroxyl groups is 1. The molecule has 1 N–H and O–H groups in total. The van der Waals surface area contributed by atoms with Crippen LogP contribution in [0, 0.1) is 41.2 Å². The van der Waals surface area contributed by atoms with Crippen molar-refractivity contribution < 1.29 is 32.1 Å². The number of halogens is 4. The molecule has 2 aromatic rings. The van der Waals surface area contributed by atoms with Crippen LogP contribution in [0.2, 0.25) is 0 Å². The lowest BCUT2D eigenvalue weighted by molar-refractivity contribution is -0.223. The van der Waals surface area contributed by atoms with E-state index in [4.69, 9.17) is 14.6 Å². The molecule has 204 valence electrons. The minimum atomic E-state index is -3.28. The van der Waals surface area contributed by atoms with E-state index in [1.807, 2.05) is 0 Å². The van der Waals surface area contributed by atoms with E-state index in [1.54, 1.807) is 12.1 Å². The van der Waals surface area contributed by atoms with Crippen LogP contribution in [0.1, 0.15) is 64.7 Å². The summed E-state index contributed by atoms with van der Waals surface area (Å²) in [5.41, 5.74) is 1.04. The zero-order valence-electron chi connectivity index (χ0n) is 21.5. The highest BCUT2D eigenvalue weighted by atomic mass is 19.3. The second kappa shape index (κ2) is 12.6. The van der Waals surface area contributed by atoms with E-state index in [9.17, 15) is 8.78 Å². The van der Waals surface area contributed by atoms with Crippen molar-refractivity contribution in [2.75, 3.05) is 13.4 Å². The summed E-state index contributed by atoms with van der Waals surface area (Å²) in [4.78, 5) is 0. The van der Waals surface area contributed by atoms with Crippen molar-refractivity contribution in [3.8, 4) is 16.9 Å². The highest BCUT2D eigenvalue weighted by Crippen LogP contribution is 2.44. The second-order valence-electron chi connectivity index (χ2n) is 11.1. The number of benzene rings is 2. The van der Waals surface area contributed by atoms with Gasteiger partial charge in [-0.15, -0.1) is 0 Å². The van der Waals surface area contributed by atoms with Gasteiger partial charge in [-0.25, -0.2) is 8.78 Å². The zero-order chi connectivity index (χ0) is 26.4. The van der Waals surface area contributed by atoms with Crippen molar-refractivity contribution in [3.05, 3.63) is 54.1 Å². The molecule has 0 radical (unpaired) electrons. The lowest BCUT2D eigenvalue weighted by Crippen LogP contribution is -2.37. The zero-order valence-corrected chi connectivity index (χ0v) is 21.5. The maximum absolute atomic E-state index is 15.0. The molecular weight excluding hydrogens is 484 g/mol. The minimum absolute atomic E-state index is 0.0474. The van der Waals surface area contributed by atoms with E-state index in [1.165, 1.54) is 43.9 Å². The first-order valence-electron chi connectivity index (χ1n) is 13.6. The second-order valence-corrected chi connectivity index (χ2v) is 11.1. The van der Waals surface area contributed by atoms with E-state index in [2.05, 4.69) is 6.92 Å². The normalized spacial score (nSPS) is 25.6. The van der Waals surface area contributed by atoms with Crippen LogP contribution in [0.3, 0.4) is 0 Å². The van der Waals surface area contributed by atoms with Crippen molar-refractivity contribution >= 4 is 0 Å². The van der Waals surface area contributed by atoms with Gasteiger partial charge in [0.1, 0.15) is 12.5 Å². The van der Waals surface area contributed by atoms with Crippen LogP contribution < -0.4 is 4.74 Å². The SMILES string of the molecule is CC1CCC(C(COCO)CC2CCC(C(F)(F)Oc3ccc(-c4ccc(F)c(F)c4)cc3)CC2)CC1. The Morgan fingerprint density at radius 3 is 2.14 bits per heavy atom. The first kappa shape index (κ1) is 27.9. The third-order valence-electron chi connectivity index (χ3n) is 8.47. The Morgan fingerprint density at radius 2 is 1.51 bits per heavy atom. The van der Waals surface area contributed by atoms with Gasteiger partial charge in [0.15, 0.2) is 11.6 Å². The molecule has 2 aromatic carbocycles. The van der Waals surface area contributed by atoms with Crippen molar-refractivity contribution in [1.82, 2.24) is 0 Å². The Balaban J connectivity index is 1.30. The van der Waals surface area contributed by atoms with Crippen LogP contribution in [-0.2, 0) is 4.74 Å². The molecule has 0 amide bonds. The highest BCUT2D eigenvalue weighted by molar-refractivity contribution is 5.64. The van der Waals surface area contributed by atoms with Crippen LogP contribution in [0.4, 0.5) is 17.6 Å². The predicted molar refractivity (Wildman–Crippen MR) is 135 cm³/mol. The van der Waals surface area contributed by atoms with Crippen molar-refractivity contribution in [3.63, 3.8) is 0 Å². The smallest absolute Gasteiger partial charge is 0.400 e. The van der Waals surface area contributed by atoms with Crippen LogP contribution in [0.25, 0.3) is 11.1 Å². The Kier molecular flexibility index (Phi) is 9.51. The Morgan fingerprint density at radius 1 is 0.865 bits per heavy atom. The molecule has 0 saturated heterocycles. The molecule has 1 unspecified atom stereocenters. The molecule has 0 aromatic heterocycles. The highest BCUT2D eigenvalue weighted by Gasteiger charge is 2.44. The summed E-state index contributed by atoms with van der Waals surface area (Å²) in [5, 5.41) is 9.15. The quantitative estimate of drug-likeness (QED) is 0.252. The van der Waals surface area contributed by atoms with Crippen LogP contribution >= 0.6 is 0 Å². The number of hydrogen-bond acceptors (Lipinski definition) is 3. The average molecular weight is 523 g/mol. The fraction of sp³-hybridized carbons (Fsp3) is 0.600. The fourth-order valence-corrected chi connectivity index (χ4v) is 6.15. The molecule has 2 aliphatic rings. The molecule has 0 aliphatic heterocycles. The van der Waals surface area contributed by atoms with Gasteiger partial charge in [0.25, 0.3) is 0 Å². The first-order chi connectivity index (χ1) is 17.7. The van der Waals surface area contributed by atoms with Gasteiger partial charge < -0.3 is 14.6 Å². The average Bonchev–Trinajstić information content (AvgIpc) is 2.89. The van der Waals surface area contributed by atoms with Crippen molar-refractivity contribution in [2.45, 2.75) is 70.8 Å². The molecule has 0 spiro atoms. The summed E-state index contributed by atoms with van der Waals surface area (Å²) in [6, 6.07) is 9.56. The number of hydrogen-bond donors (Lipinski definition) is 1. The van der Waals surface area contributed by atoms with Crippen molar-refractivity contribution in [1.29, 1.82) is 0 Å². The predicted octanol–water partition coefficient (Wildman–Crippen LogP) is 8.21. The van der Waals surface area contributed by atoms with Gasteiger partial charge in [0.2, 0.25) is 0 Å². The molecule has 4 rings (SSSR count). The monoisotopic (exact) mass is 522 g/mol. The molecular formula is C30H38F4O3. The summed E-state index contributed by atoms with van der Waals surface area (Å²) in [6.07, 6.45) is 4.75. The maximum atomic E-state index is 15.0. The molecule has 0 heterocycles. The Bertz CT molecular complexity index is 981. The third-order valence-corrected chi connectivity index (χ3v) is 8.47. The first-order valence-corrected chi connectivity index (χ1v) is 13.6.